The van der Waals surface area contributed by atoms with Gasteiger partial charge in [-0.05, 0) is 45.1 Å². The Kier molecular flexibility index (Phi) is 5.00. The lowest BCUT2D eigenvalue weighted by atomic mass is 9.90. The largest absolute Gasteiger partial charge is 0.381 e. The number of methoxy groups -OCH3 is 1. The lowest BCUT2D eigenvalue weighted by Gasteiger charge is -2.34. The van der Waals surface area contributed by atoms with Gasteiger partial charge in [0.15, 0.2) is 0 Å². The lowest BCUT2D eigenvalue weighted by molar-refractivity contribution is 0.0236. The molecule has 0 aromatic heterocycles. The molecule has 0 unspecified atom stereocenters. The third-order valence-corrected chi connectivity index (χ3v) is 5.14. The van der Waals surface area contributed by atoms with Crippen molar-refractivity contribution in [3.63, 3.8) is 0 Å². The normalized spacial score (nSPS) is 28.1. The quantitative estimate of drug-likeness (QED) is 0.606. The minimum Gasteiger partial charge on any atom is -0.381 e. The number of unbranched alkanes of at least 4 members (excludes halogenated alkanes) is 1. The van der Waals surface area contributed by atoms with E-state index in [9.17, 15) is 8.42 Å². The first-order valence-electron chi connectivity index (χ1n) is 6.85. The second kappa shape index (κ2) is 6.32. The first-order valence-corrected chi connectivity index (χ1v) is 8.50. The predicted octanol–water partition coefficient (Wildman–Crippen LogP) is 0.615. The summed E-state index contributed by atoms with van der Waals surface area (Å²) in [6.45, 7) is 0.940. The Morgan fingerprint density at radius 2 is 1.89 bits per heavy atom. The molecule has 0 radical (unpaired) electrons. The van der Waals surface area contributed by atoms with Gasteiger partial charge < -0.3 is 10.1 Å². The van der Waals surface area contributed by atoms with Gasteiger partial charge in [-0.2, -0.15) is 0 Å². The molecule has 2 N–H and O–H groups in total. The van der Waals surface area contributed by atoms with E-state index in [1.54, 1.807) is 7.11 Å². The Bertz CT molecular complexity index is 348. The van der Waals surface area contributed by atoms with E-state index in [0.717, 1.165) is 32.2 Å². The van der Waals surface area contributed by atoms with Crippen LogP contribution in [0.4, 0.5) is 0 Å². The smallest absolute Gasteiger partial charge is 0.211 e. The van der Waals surface area contributed by atoms with Gasteiger partial charge in [-0.25, -0.2) is 13.1 Å². The van der Waals surface area contributed by atoms with Gasteiger partial charge in [-0.15, -0.1) is 0 Å². The topological polar surface area (TPSA) is 67.4 Å². The molecule has 2 fully saturated rings. The van der Waals surface area contributed by atoms with Gasteiger partial charge in [-0.1, -0.05) is 0 Å². The first kappa shape index (κ1) is 14.2. The minimum atomic E-state index is -3.09. The number of hydrogen-bond acceptors (Lipinski definition) is 4. The van der Waals surface area contributed by atoms with Crippen LogP contribution in [0.25, 0.3) is 0 Å². The molecule has 0 atom stereocenters. The Hall–Kier alpha value is -0.170. The summed E-state index contributed by atoms with van der Waals surface area (Å²) in [5.41, 5.74) is 0. The molecule has 0 spiro atoms. The molecule has 0 amide bonds. The molecule has 2 aliphatic rings. The molecule has 2 aliphatic carbocycles. The predicted molar refractivity (Wildman–Crippen MR) is 71.0 cm³/mol. The molecule has 0 heterocycles. The highest BCUT2D eigenvalue weighted by molar-refractivity contribution is 7.89. The van der Waals surface area contributed by atoms with Crippen molar-refractivity contribution in [2.75, 3.05) is 19.4 Å². The number of ether oxygens (including phenoxy) is 1. The minimum absolute atomic E-state index is 0.0875. The van der Waals surface area contributed by atoms with Crippen molar-refractivity contribution >= 4 is 10.0 Å². The van der Waals surface area contributed by atoms with Gasteiger partial charge in [0.25, 0.3) is 0 Å². The number of nitrogens with one attached hydrogen (secondary N) is 2. The summed E-state index contributed by atoms with van der Waals surface area (Å²) in [5, 5.41) is 3.39. The molecule has 2 rings (SSSR count). The molecule has 5 nitrogen and oxygen atoms in total. The summed E-state index contributed by atoms with van der Waals surface area (Å²) in [6, 6.07) is 0.797. The third kappa shape index (κ3) is 4.84. The summed E-state index contributed by atoms with van der Waals surface area (Å²) in [5.74, 6) is 0.244. The summed E-state index contributed by atoms with van der Waals surface area (Å²) >= 11 is 0. The molecule has 2 saturated carbocycles. The summed E-state index contributed by atoms with van der Waals surface area (Å²) in [6.07, 6.45) is 6.07. The van der Waals surface area contributed by atoms with Crippen molar-refractivity contribution in [1.29, 1.82) is 0 Å². The van der Waals surface area contributed by atoms with Crippen molar-refractivity contribution < 1.29 is 13.2 Å². The van der Waals surface area contributed by atoms with E-state index in [1.807, 2.05) is 0 Å². The van der Waals surface area contributed by atoms with Crippen LogP contribution >= 0.6 is 0 Å². The lowest BCUT2D eigenvalue weighted by Crippen LogP contribution is -2.48. The molecule has 0 bridgehead atoms. The van der Waals surface area contributed by atoms with Crippen LogP contribution in [0.15, 0.2) is 0 Å². The number of rotatable bonds is 9. The zero-order valence-corrected chi connectivity index (χ0v) is 11.8. The highest BCUT2D eigenvalue weighted by Gasteiger charge is 2.31. The standard InChI is InChI=1S/C12H24N2O3S/c1-17-12-8-11(9-12)14-18(15,16)7-3-2-6-13-10-4-5-10/h10-14H,2-9H2,1H3. The van der Waals surface area contributed by atoms with Crippen molar-refractivity contribution in [1.82, 2.24) is 10.0 Å². The Morgan fingerprint density at radius 1 is 1.17 bits per heavy atom. The molecule has 0 aliphatic heterocycles. The van der Waals surface area contributed by atoms with Gasteiger partial charge >= 0.3 is 0 Å². The first-order chi connectivity index (χ1) is 8.59. The maximum absolute atomic E-state index is 11.8. The van der Waals surface area contributed by atoms with Gasteiger partial charge in [0, 0.05) is 19.2 Å². The molecule has 18 heavy (non-hydrogen) atoms. The molecule has 6 heteroatoms. The maximum Gasteiger partial charge on any atom is 0.211 e. The van der Waals surface area contributed by atoms with Crippen molar-refractivity contribution in [2.45, 2.75) is 56.7 Å². The van der Waals surface area contributed by atoms with Crippen molar-refractivity contribution in [2.24, 2.45) is 0 Å². The van der Waals surface area contributed by atoms with Crippen LogP contribution in [0.5, 0.6) is 0 Å². The fourth-order valence-electron chi connectivity index (χ4n) is 2.18. The van der Waals surface area contributed by atoms with E-state index in [1.165, 1.54) is 12.8 Å². The second-order valence-corrected chi connectivity index (χ2v) is 7.27. The average Bonchev–Trinajstić information content (AvgIpc) is 3.06. The Morgan fingerprint density at radius 3 is 2.50 bits per heavy atom. The average molecular weight is 276 g/mol. The molecule has 0 aromatic rings. The van der Waals surface area contributed by atoms with E-state index in [-0.39, 0.29) is 17.9 Å². The zero-order valence-electron chi connectivity index (χ0n) is 11.0. The summed E-state index contributed by atoms with van der Waals surface area (Å²) < 4.78 is 31.4. The van der Waals surface area contributed by atoms with Gasteiger partial charge in [-0.3, -0.25) is 0 Å². The zero-order chi connectivity index (χ0) is 13.0. The molecular formula is C12H24N2O3S. The Labute approximate surface area is 110 Å². The van der Waals surface area contributed by atoms with Crippen LogP contribution in [0.3, 0.4) is 0 Å². The van der Waals surface area contributed by atoms with Crippen LogP contribution in [-0.4, -0.2) is 46.0 Å². The van der Waals surface area contributed by atoms with E-state index in [0.29, 0.717) is 6.04 Å². The van der Waals surface area contributed by atoms with Crippen LogP contribution in [0, 0.1) is 0 Å². The summed E-state index contributed by atoms with van der Waals surface area (Å²) in [4.78, 5) is 0. The van der Waals surface area contributed by atoms with E-state index >= 15 is 0 Å². The Balaban J connectivity index is 1.52. The highest BCUT2D eigenvalue weighted by Crippen LogP contribution is 2.23. The summed E-state index contributed by atoms with van der Waals surface area (Å²) in [7, 11) is -1.42. The van der Waals surface area contributed by atoms with Gasteiger partial charge in [0.2, 0.25) is 10.0 Å². The highest BCUT2D eigenvalue weighted by atomic mass is 32.2. The molecule has 0 aromatic carbocycles. The van der Waals surface area contributed by atoms with E-state index in [4.69, 9.17) is 4.74 Å². The fourth-order valence-corrected chi connectivity index (χ4v) is 3.58. The van der Waals surface area contributed by atoms with E-state index < -0.39 is 10.0 Å². The van der Waals surface area contributed by atoms with Crippen LogP contribution < -0.4 is 10.0 Å². The fraction of sp³-hybridized carbons (Fsp3) is 1.00. The molecule has 106 valence electrons. The number of sulfonamides is 1. The van der Waals surface area contributed by atoms with Crippen LogP contribution in [-0.2, 0) is 14.8 Å². The maximum atomic E-state index is 11.8. The van der Waals surface area contributed by atoms with Crippen molar-refractivity contribution in [3.05, 3.63) is 0 Å². The molecule has 0 saturated heterocycles. The van der Waals surface area contributed by atoms with Crippen LogP contribution in [0.2, 0.25) is 0 Å². The van der Waals surface area contributed by atoms with Gasteiger partial charge in [0.05, 0.1) is 11.9 Å². The van der Waals surface area contributed by atoms with Gasteiger partial charge in [0.1, 0.15) is 0 Å². The van der Waals surface area contributed by atoms with E-state index in [2.05, 4.69) is 10.0 Å². The third-order valence-electron chi connectivity index (χ3n) is 3.62. The SMILES string of the molecule is COC1CC(NS(=O)(=O)CCCCNC2CC2)C1. The monoisotopic (exact) mass is 276 g/mol. The molecular weight excluding hydrogens is 252 g/mol. The second-order valence-electron chi connectivity index (χ2n) is 5.40. The number of hydrogen-bond donors (Lipinski definition) is 2. The van der Waals surface area contributed by atoms with Crippen LogP contribution in [0.1, 0.15) is 38.5 Å². The van der Waals surface area contributed by atoms with Crippen molar-refractivity contribution in [3.8, 4) is 0 Å².